The van der Waals surface area contributed by atoms with Crippen LogP contribution in [0.1, 0.15) is 26.3 Å². The molecular weight excluding hydrogens is 380 g/mol. The second kappa shape index (κ2) is 8.09. The van der Waals surface area contributed by atoms with Crippen molar-refractivity contribution in [3.05, 3.63) is 102 Å². The zero-order valence-electron chi connectivity index (χ0n) is 15.9. The van der Waals surface area contributed by atoms with Gasteiger partial charge < -0.3 is 14.9 Å². The molecule has 4 aromatic carbocycles. The van der Waals surface area contributed by atoms with Gasteiger partial charge in [0.25, 0.3) is 0 Å². The van der Waals surface area contributed by atoms with Crippen LogP contribution in [-0.2, 0) is 6.42 Å². The first kappa shape index (κ1) is 19.2. The number of hydrogen-bond acceptors (Lipinski definition) is 5. The average molecular weight is 398 g/mol. The minimum atomic E-state index is -0.509. The van der Waals surface area contributed by atoms with E-state index in [1.807, 2.05) is 24.3 Å². The Balaban J connectivity index is 1.49. The Bertz CT molecular complexity index is 1130. The SMILES string of the molecule is O=C(Cc1ccc2cc(OC(=O)c3ccc(O)cc3)ccc2c1)c1ccc(O)cc1. The van der Waals surface area contributed by atoms with Gasteiger partial charge >= 0.3 is 5.97 Å². The Labute approximate surface area is 172 Å². The molecule has 0 bridgehead atoms. The van der Waals surface area contributed by atoms with Crippen molar-refractivity contribution < 1.29 is 24.5 Å². The van der Waals surface area contributed by atoms with Crippen LogP contribution < -0.4 is 4.74 Å². The van der Waals surface area contributed by atoms with Gasteiger partial charge in [0.05, 0.1) is 5.56 Å². The predicted molar refractivity (Wildman–Crippen MR) is 113 cm³/mol. The van der Waals surface area contributed by atoms with Crippen LogP contribution in [0.4, 0.5) is 0 Å². The van der Waals surface area contributed by atoms with E-state index >= 15 is 0 Å². The largest absolute Gasteiger partial charge is 0.508 e. The third-order valence-corrected chi connectivity index (χ3v) is 4.74. The zero-order valence-corrected chi connectivity index (χ0v) is 15.9. The second-order valence-corrected chi connectivity index (χ2v) is 6.93. The van der Waals surface area contributed by atoms with Crippen molar-refractivity contribution >= 4 is 22.5 Å². The molecular formula is C25H18O5. The molecule has 0 radical (unpaired) electrons. The van der Waals surface area contributed by atoms with E-state index in [0.717, 1.165) is 16.3 Å². The maximum Gasteiger partial charge on any atom is 0.343 e. The van der Waals surface area contributed by atoms with Crippen LogP contribution in [0.25, 0.3) is 10.8 Å². The number of phenolic OH excluding ortho intramolecular Hbond substituents is 2. The van der Waals surface area contributed by atoms with Crippen LogP contribution in [-0.4, -0.2) is 22.0 Å². The Morgan fingerprint density at radius 1 is 0.667 bits per heavy atom. The minimum Gasteiger partial charge on any atom is -0.508 e. The number of esters is 1. The first-order chi connectivity index (χ1) is 14.5. The normalized spacial score (nSPS) is 10.7. The number of carbonyl (C=O) groups is 2. The Morgan fingerprint density at radius 3 is 1.90 bits per heavy atom. The number of rotatable bonds is 5. The summed E-state index contributed by atoms with van der Waals surface area (Å²) in [6, 6.07) is 23.0. The molecule has 2 N–H and O–H groups in total. The van der Waals surface area contributed by atoms with E-state index in [-0.39, 0.29) is 23.7 Å². The van der Waals surface area contributed by atoms with Gasteiger partial charge in [-0.25, -0.2) is 4.79 Å². The number of ketones is 1. The van der Waals surface area contributed by atoms with Gasteiger partial charge in [-0.2, -0.15) is 0 Å². The number of benzene rings is 4. The smallest absolute Gasteiger partial charge is 0.343 e. The molecule has 0 unspecified atom stereocenters. The van der Waals surface area contributed by atoms with E-state index < -0.39 is 5.97 Å². The molecule has 0 aromatic heterocycles. The van der Waals surface area contributed by atoms with Gasteiger partial charge in [-0.1, -0.05) is 24.3 Å². The molecule has 4 rings (SSSR count). The minimum absolute atomic E-state index is 0.0335. The molecule has 0 saturated carbocycles. The standard InChI is InChI=1S/C25H18O5/c26-21-8-3-17(4-9-21)24(28)14-16-1-2-20-15-23(12-7-19(20)13-16)30-25(29)18-5-10-22(27)11-6-18/h1-13,15,26-27H,14H2. The Kier molecular flexibility index (Phi) is 5.18. The number of Topliss-reactive ketones (excluding diaryl/α,β-unsaturated/α-hetero) is 1. The Hall–Kier alpha value is -4.12. The second-order valence-electron chi connectivity index (χ2n) is 6.93. The molecule has 4 aromatic rings. The fraction of sp³-hybridized carbons (Fsp3) is 0.0400. The lowest BCUT2D eigenvalue weighted by Gasteiger charge is -2.08. The summed E-state index contributed by atoms with van der Waals surface area (Å²) in [6.07, 6.45) is 0.248. The highest BCUT2D eigenvalue weighted by Gasteiger charge is 2.11. The lowest BCUT2D eigenvalue weighted by Crippen LogP contribution is -2.08. The summed E-state index contributed by atoms with van der Waals surface area (Å²) < 4.78 is 5.42. The molecule has 0 saturated heterocycles. The highest BCUT2D eigenvalue weighted by molar-refractivity contribution is 5.98. The third kappa shape index (κ3) is 4.31. The third-order valence-electron chi connectivity index (χ3n) is 4.74. The average Bonchev–Trinajstić information content (AvgIpc) is 2.74. The molecule has 5 nitrogen and oxygen atoms in total. The number of phenols is 2. The number of aromatic hydroxyl groups is 2. The molecule has 148 valence electrons. The van der Waals surface area contributed by atoms with Crippen LogP contribution >= 0.6 is 0 Å². The van der Waals surface area contributed by atoms with Crippen LogP contribution in [0.15, 0.2) is 84.9 Å². The number of carbonyl (C=O) groups excluding carboxylic acids is 2. The first-order valence-corrected chi connectivity index (χ1v) is 9.34. The molecule has 0 aliphatic heterocycles. The lowest BCUT2D eigenvalue weighted by molar-refractivity contribution is 0.0734. The van der Waals surface area contributed by atoms with Gasteiger partial charge in [-0.3, -0.25) is 4.79 Å². The van der Waals surface area contributed by atoms with Crippen LogP contribution in [0.2, 0.25) is 0 Å². The summed E-state index contributed by atoms with van der Waals surface area (Å²) in [4.78, 5) is 24.7. The van der Waals surface area contributed by atoms with E-state index in [1.165, 1.54) is 36.4 Å². The van der Waals surface area contributed by atoms with E-state index in [0.29, 0.717) is 16.9 Å². The molecule has 0 spiro atoms. The number of fused-ring (bicyclic) bond motifs is 1. The molecule has 0 amide bonds. The summed E-state index contributed by atoms with van der Waals surface area (Å²) in [6.45, 7) is 0. The van der Waals surface area contributed by atoms with Crippen molar-refractivity contribution in [3.8, 4) is 17.2 Å². The molecule has 0 atom stereocenters. The maximum atomic E-state index is 12.4. The van der Waals surface area contributed by atoms with E-state index in [4.69, 9.17) is 4.74 Å². The topological polar surface area (TPSA) is 83.8 Å². The van der Waals surface area contributed by atoms with Crippen molar-refractivity contribution in [3.63, 3.8) is 0 Å². The van der Waals surface area contributed by atoms with Crippen molar-refractivity contribution in [2.24, 2.45) is 0 Å². The van der Waals surface area contributed by atoms with Crippen molar-refractivity contribution in [1.29, 1.82) is 0 Å². The summed E-state index contributed by atoms with van der Waals surface area (Å²) in [5, 5.41) is 20.5. The summed E-state index contributed by atoms with van der Waals surface area (Å²) >= 11 is 0. The molecule has 0 fully saturated rings. The molecule has 30 heavy (non-hydrogen) atoms. The fourth-order valence-corrected chi connectivity index (χ4v) is 3.14. The van der Waals surface area contributed by atoms with Crippen molar-refractivity contribution in [2.75, 3.05) is 0 Å². The van der Waals surface area contributed by atoms with Gasteiger partial charge in [0.15, 0.2) is 5.78 Å². The quantitative estimate of drug-likeness (QED) is 0.284. The lowest BCUT2D eigenvalue weighted by atomic mass is 10.00. The van der Waals surface area contributed by atoms with Gasteiger partial charge in [-0.15, -0.1) is 0 Å². The van der Waals surface area contributed by atoms with Crippen molar-refractivity contribution in [2.45, 2.75) is 6.42 Å². The van der Waals surface area contributed by atoms with Crippen LogP contribution in [0.5, 0.6) is 17.2 Å². The Morgan fingerprint density at radius 2 is 1.23 bits per heavy atom. The van der Waals surface area contributed by atoms with E-state index in [9.17, 15) is 19.8 Å². The van der Waals surface area contributed by atoms with Gasteiger partial charge in [0.2, 0.25) is 0 Å². The number of hydrogen-bond donors (Lipinski definition) is 2. The summed E-state index contributed by atoms with van der Waals surface area (Å²) in [5.74, 6) is 0.0730. The number of ether oxygens (including phenoxy) is 1. The first-order valence-electron chi connectivity index (χ1n) is 9.34. The van der Waals surface area contributed by atoms with Crippen molar-refractivity contribution in [1.82, 2.24) is 0 Å². The molecule has 0 heterocycles. The predicted octanol–water partition coefficient (Wildman–Crippen LogP) is 4.90. The molecule has 0 aliphatic carbocycles. The fourth-order valence-electron chi connectivity index (χ4n) is 3.14. The maximum absolute atomic E-state index is 12.4. The van der Waals surface area contributed by atoms with Gasteiger partial charge in [0, 0.05) is 12.0 Å². The van der Waals surface area contributed by atoms with Crippen LogP contribution in [0.3, 0.4) is 0 Å². The highest BCUT2D eigenvalue weighted by Crippen LogP contribution is 2.24. The summed E-state index contributed by atoms with van der Waals surface area (Å²) in [7, 11) is 0. The molecule has 0 aliphatic rings. The summed E-state index contributed by atoms with van der Waals surface area (Å²) in [5.41, 5.74) is 1.76. The van der Waals surface area contributed by atoms with Gasteiger partial charge in [0.1, 0.15) is 17.2 Å². The van der Waals surface area contributed by atoms with E-state index in [2.05, 4.69) is 0 Å². The van der Waals surface area contributed by atoms with E-state index in [1.54, 1.807) is 24.3 Å². The van der Waals surface area contributed by atoms with Gasteiger partial charge in [-0.05, 0) is 77.0 Å². The monoisotopic (exact) mass is 398 g/mol. The highest BCUT2D eigenvalue weighted by atomic mass is 16.5. The van der Waals surface area contributed by atoms with Crippen LogP contribution in [0, 0.1) is 0 Å². The molecule has 5 heteroatoms. The zero-order chi connectivity index (χ0) is 21.1.